The number of nitrogens with one attached hydrogen (secondary N) is 2. The number of carbonyl (C=O) groups excluding carboxylic acids is 4. The Kier molecular flexibility index (Phi) is 7.76. The van der Waals surface area contributed by atoms with E-state index in [1.54, 1.807) is 0 Å². The summed E-state index contributed by atoms with van der Waals surface area (Å²) in [6.45, 7) is 1.79. The van der Waals surface area contributed by atoms with Gasteiger partial charge in [0.1, 0.15) is 18.4 Å². The van der Waals surface area contributed by atoms with E-state index in [0.717, 1.165) is 0 Å². The third-order valence-electron chi connectivity index (χ3n) is 4.71. The van der Waals surface area contributed by atoms with E-state index < -0.39 is 48.2 Å². The number of nitrogens with zero attached hydrogens (tertiary/aromatic N) is 1. The number of hydrogen-bond donors (Lipinski definition) is 4. The average Bonchev–Trinajstić information content (AvgIpc) is 3.18. The summed E-state index contributed by atoms with van der Waals surface area (Å²) in [5.74, 6) is -2.84. The quantitative estimate of drug-likeness (QED) is 0.333. The molecule has 162 valence electrons. The first-order valence-electron chi connectivity index (χ1n) is 9.27. The van der Waals surface area contributed by atoms with Gasteiger partial charge < -0.3 is 31.2 Å². The monoisotopic (exact) mass is 438 g/mol. The number of benzene rings is 1. The van der Waals surface area contributed by atoms with Crippen molar-refractivity contribution < 1.29 is 29.1 Å². The van der Waals surface area contributed by atoms with Crippen LogP contribution in [0.2, 0.25) is 5.02 Å². The van der Waals surface area contributed by atoms with Crippen LogP contribution in [-0.2, 0) is 19.2 Å². The zero-order chi connectivity index (χ0) is 22.4. The average molecular weight is 439 g/mol. The summed E-state index contributed by atoms with van der Waals surface area (Å²) in [6.07, 6.45) is 0.716. The van der Waals surface area contributed by atoms with Crippen LogP contribution in [0.1, 0.15) is 36.5 Å². The van der Waals surface area contributed by atoms with Crippen molar-refractivity contribution in [3.05, 3.63) is 28.8 Å². The number of carboxylic acid groups (broad SMARTS) is 1. The van der Waals surface area contributed by atoms with Crippen molar-refractivity contribution in [3.63, 3.8) is 0 Å². The fourth-order valence-corrected chi connectivity index (χ4v) is 3.34. The molecule has 5 N–H and O–H groups in total. The van der Waals surface area contributed by atoms with Gasteiger partial charge in [0.15, 0.2) is 0 Å². The Morgan fingerprint density at radius 2 is 2.03 bits per heavy atom. The Balaban J connectivity index is 2.02. The van der Waals surface area contributed by atoms with Crippen molar-refractivity contribution in [1.82, 2.24) is 15.5 Å². The molecule has 3 amide bonds. The lowest BCUT2D eigenvalue weighted by Crippen LogP contribution is -2.54. The number of likely N-dealkylation sites (tertiary alicyclic amines) is 1. The molecule has 0 bridgehead atoms. The summed E-state index contributed by atoms with van der Waals surface area (Å²) < 4.78 is 0. The number of amides is 3. The molecule has 3 atom stereocenters. The van der Waals surface area contributed by atoms with Crippen LogP contribution in [0.15, 0.2) is 18.2 Å². The van der Waals surface area contributed by atoms with Crippen LogP contribution in [0.4, 0.5) is 5.69 Å². The van der Waals surface area contributed by atoms with Crippen LogP contribution in [0.3, 0.4) is 0 Å². The molecule has 0 saturated carbocycles. The molecule has 0 aromatic heterocycles. The third-order valence-corrected chi connectivity index (χ3v) is 5.03. The zero-order valence-corrected chi connectivity index (χ0v) is 17.0. The second-order valence-electron chi connectivity index (χ2n) is 6.97. The van der Waals surface area contributed by atoms with Crippen LogP contribution in [-0.4, -0.2) is 64.7 Å². The van der Waals surface area contributed by atoms with Crippen molar-refractivity contribution in [2.45, 2.75) is 44.3 Å². The number of aldehydes is 1. The van der Waals surface area contributed by atoms with Crippen LogP contribution in [0, 0.1) is 0 Å². The summed E-state index contributed by atoms with van der Waals surface area (Å²) in [4.78, 5) is 60.7. The maximum absolute atomic E-state index is 12.8. The van der Waals surface area contributed by atoms with Crippen LogP contribution < -0.4 is 16.4 Å². The summed E-state index contributed by atoms with van der Waals surface area (Å²) in [6, 6.07) is 1.38. The number of hydrogen-bond acceptors (Lipinski definition) is 6. The molecule has 0 radical (unpaired) electrons. The molecule has 2 rings (SSSR count). The maximum Gasteiger partial charge on any atom is 0.305 e. The van der Waals surface area contributed by atoms with Gasteiger partial charge in [-0.25, -0.2) is 0 Å². The van der Waals surface area contributed by atoms with Crippen molar-refractivity contribution in [2.24, 2.45) is 0 Å². The first-order chi connectivity index (χ1) is 14.1. The van der Waals surface area contributed by atoms with E-state index in [1.165, 1.54) is 30.0 Å². The minimum atomic E-state index is -1.23. The van der Waals surface area contributed by atoms with Gasteiger partial charge in [0, 0.05) is 12.1 Å². The van der Waals surface area contributed by atoms with E-state index in [-0.39, 0.29) is 10.6 Å². The lowest BCUT2D eigenvalue weighted by atomic mass is 10.1. The topological polar surface area (TPSA) is 159 Å². The molecule has 11 heteroatoms. The summed E-state index contributed by atoms with van der Waals surface area (Å²) in [5.41, 5.74) is 6.17. The molecule has 1 fully saturated rings. The Hall–Kier alpha value is -3.14. The van der Waals surface area contributed by atoms with Crippen molar-refractivity contribution in [1.29, 1.82) is 0 Å². The Bertz CT molecular complexity index is 861. The SMILES string of the molecule is C[C@H](NC(=O)c1ccc(N)c(Cl)c1)C(=O)N1CCC[C@H]1C(=O)N[C@H](C=O)CC(=O)O. The smallest absolute Gasteiger partial charge is 0.305 e. The number of halogens is 1. The van der Waals surface area contributed by atoms with Gasteiger partial charge in [-0.1, -0.05) is 11.6 Å². The fraction of sp³-hybridized carbons (Fsp3) is 0.421. The van der Waals surface area contributed by atoms with E-state index in [4.69, 9.17) is 22.4 Å². The van der Waals surface area contributed by atoms with E-state index in [1.807, 2.05) is 0 Å². The van der Waals surface area contributed by atoms with Gasteiger partial charge in [-0.05, 0) is 38.0 Å². The maximum atomic E-state index is 12.8. The van der Waals surface area contributed by atoms with Crippen LogP contribution >= 0.6 is 11.6 Å². The first kappa shape index (κ1) is 23.1. The number of carboxylic acids is 1. The number of rotatable bonds is 8. The van der Waals surface area contributed by atoms with Gasteiger partial charge in [-0.3, -0.25) is 19.2 Å². The van der Waals surface area contributed by atoms with Gasteiger partial charge in [0.25, 0.3) is 5.91 Å². The fourth-order valence-electron chi connectivity index (χ4n) is 3.16. The molecule has 1 aliphatic rings. The predicted octanol–water partition coefficient (Wildman–Crippen LogP) is 0.190. The summed E-state index contributed by atoms with van der Waals surface area (Å²) in [7, 11) is 0. The van der Waals surface area contributed by atoms with E-state index >= 15 is 0 Å². The van der Waals surface area contributed by atoms with Gasteiger partial charge in [-0.2, -0.15) is 0 Å². The van der Waals surface area contributed by atoms with Gasteiger partial charge in [0.05, 0.1) is 23.2 Å². The molecule has 1 heterocycles. The highest BCUT2D eigenvalue weighted by molar-refractivity contribution is 6.33. The number of nitrogens with two attached hydrogens (primary N) is 1. The highest BCUT2D eigenvalue weighted by Crippen LogP contribution is 2.21. The minimum Gasteiger partial charge on any atom is -0.481 e. The number of nitrogen functional groups attached to an aromatic ring is 1. The Morgan fingerprint density at radius 1 is 1.33 bits per heavy atom. The first-order valence-corrected chi connectivity index (χ1v) is 9.65. The van der Waals surface area contributed by atoms with Crippen molar-refractivity contribution in [3.8, 4) is 0 Å². The lowest BCUT2D eigenvalue weighted by Gasteiger charge is -2.27. The molecule has 0 aliphatic carbocycles. The second kappa shape index (κ2) is 10.1. The highest BCUT2D eigenvalue weighted by atomic mass is 35.5. The summed E-state index contributed by atoms with van der Waals surface area (Å²) >= 11 is 5.91. The summed E-state index contributed by atoms with van der Waals surface area (Å²) in [5, 5.41) is 13.9. The normalized spacial score (nSPS) is 17.7. The third kappa shape index (κ3) is 5.69. The Labute approximate surface area is 177 Å². The second-order valence-corrected chi connectivity index (χ2v) is 7.38. The molecule has 0 unspecified atom stereocenters. The Morgan fingerprint density at radius 3 is 2.63 bits per heavy atom. The van der Waals surface area contributed by atoms with Crippen LogP contribution in [0.5, 0.6) is 0 Å². The van der Waals surface area contributed by atoms with Crippen molar-refractivity contribution in [2.75, 3.05) is 12.3 Å². The molecular weight excluding hydrogens is 416 g/mol. The number of anilines is 1. The van der Waals surface area contributed by atoms with E-state index in [0.29, 0.717) is 31.4 Å². The standard InChI is InChI=1S/C19H23ClN4O6/c1-10(22-17(28)11-4-5-14(21)13(20)7-11)19(30)24-6-2-3-15(24)18(29)23-12(9-25)8-16(26)27/h4-5,7,9-10,12,15H,2-3,6,8,21H2,1H3,(H,22,28)(H,23,29)(H,26,27)/t10-,12-,15-/m0/s1. The molecule has 1 saturated heterocycles. The molecular formula is C19H23ClN4O6. The van der Waals surface area contributed by atoms with Gasteiger partial charge in [0.2, 0.25) is 11.8 Å². The molecule has 1 aliphatic heterocycles. The molecule has 30 heavy (non-hydrogen) atoms. The molecule has 1 aromatic rings. The van der Waals surface area contributed by atoms with Gasteiger partial charge >= 0.3 is 5.97 Å². The number of carbonyl (C=O) groups is 5. The molecule has 0 spiro atoms. The van der Waals surface area contributed by atoms with Crippen LogP contribution in [0.25, 0.3) is 0 Å². The minimum absolute atomic E-state index is 0.212. The zero-order valence-electron chi connectivity index (χ0n) is 16.3. The van der Waals surface area contributed by atoms with E-state index in [9.17, 15) is 24.0 Å². The van der Waals surface area contributed by atoms with Crippen molar-refractivity contribution >= 4 is 47.3 Å². The number of aliphatic carboxylic acids is 1. The largest absolute Gasteiger partial charge is 0.481 e. The van der Waals surface area contributed by atoms with Gasteiger partial charge in [-0.15, -0.1) is 0 Å². The lowest BCUT2D eigenvalue weighted by molar-refractivity contribution is -0.141. The predicted molar refractivity (Wildman–Crippen MR) is 108 cm³/mol. The van der Waals surface area contributed by atoms with E-state index in [2.05, 4.69) is 10.6 Å². The molecule has 10 nitrogen and oxygen atoms in total. The molecule has 1 aromatic carbocycles. The highest BCUT2D eigenvalue weighted by Gasteiger charge is 2.37.